The Morgan fingerprint density at radius 3 is 2.80 bits per heavy atom. The van der Waals surface area contributed by atoms with E-state index in [9.17, 15) is 14.0 Å². The summed E-state index contributed by atoms with van der Waals surface area (Å²) >= 11 is 0. The van der Waals surface area contributed by atoms with Crippen LogP contribution in [0.5, 0.6) is 0 Å². The Balaban J connectivity index is 2.19. The first-order valence-electron chi connectivity index (χ1n) is 6.64. The van der Waals surface area contributed by atoms with E-state index in [4.69, 9.17) is 5.73 Å². The first-order valence-corrected chi connectivity index (χ1v) is 6.64. The van der Waals surface area contributed by atoms with Crippen LogP contribution in [-0.2, 0) is 4.79 Å². The number of anilines is 1. The smallest absolute Gasteiger partial charge is 0.251 e. The van der Waals surface area contributed by atoms with Gasteiger partial charge in [-0.05, 0) is 44.0 Å². The molecular weight excluding hydrogens is 261 g/mol. The van der Waals surface area contributed by atoms with Gasteiger partial charge >= 0.3 is 0 Å². The summed E-state index contributed by atoms with van der Waals surface area (Å²) in [5.74, 6) is -1.72. The minimum Gasteiger partial charge on any atom is -0.366 e. The molecule has 1 unspecified atom stereocenters. The molecule has 1 saturated heterocycles. The van der Waals surface area contributed by atoms with Crippen LogP contribution in [0.2, 0.25) is 0 Å². The standard InChI is InChI=1S/C14H18FN3O2/c1-2-14(6-3-7-17-14)13(20)18-9-4-5-11(15)10(8-9)12(16)19/h4-5,8,17H,2-3,6-7H2,1H3,(H2,16,19)(H,18,20). The van der Waals surface area contributed by atoms with E-state index < -0.39 is 17.3 Å². The number of benzene rings is 1. The fourth-order valence-corrected chi connectivity index (χ4v) is 2.50. The summed E-state index contributed by atoms with van der Waals surface area (Å²) in [6, 6.07) is 3.79. The van der Waals surface area contributed by atoms with Crippen molar-refractivity contribution in [3.63, 3.8) is 0 Å². The molecule has 2 rings (SSSR count). The summed E-state index contributed by atoms with van der Waals surface area (Å²) in [7, 11) is 0. The van der Waals surface area contributed by atoms with Crippen LogP contribution in [0.15, 0.2) is 18.2 Å². The highest BCUT2D eigenvalue weighted by molar-refractivity contribution is 6.00. The highest BCUT2D eigenvalue weighted by Gasteiger charge is 2.39. The van der Waals surface area contributed by atoms with Crippen LogP contribution in [0, 0.1) is 5.82 Å². The Kier molecular flexibility index (Phi) is 4.04. The molecule has 0 spiro atoms. The maximum atomic E-state index is 13.4. The van der Waals surface area contributed by atoms with E-state index in [1.807, 2.05) is 6.92 Å². The van der Waals surface area contributed by atoms with Crippen LogP contribution >= 0.6 is 0 Å². The third-order valence-electron chi connectivity index (χ3n) is 3.77. The zero-order valence-corrected chi connectivity index (χ0v) is 11.3. The van der Waals surface area contributed by atoms with Crippen molar-refractivity contribution in [2.24, 2.45) is 5.73 Å². The van der Waals surface area contributed by atoms with Gasteiger partial charge in [0.2, 0.25) is 5.91 Å². The van der Waals surface area contributed by atoms with Crippen LogP contribution in [0.4, 0.5) is 10.1 Å². The van der Waals surface area contributed by atoms with Crippen LogP contribution in [0.25, 0.3) is 0 Å². The first-order chi connectivity index (χ1) is 9.48. The predicted octanol–water partition coefficient (Wildman–Crippen LogP) is 1.40. The van der Waals surface area contributed by atoms with Gasteiger partial charge in [-0.3, -0.25) is 9.59 Å². The molecule has 0 radical (unpaired) electrons. The number of hydrogen-bond donors (Lipinski definition) is 3. The average molecular weight is 279 g/mol. The predicted molar refractivity (Wildman–Crippen MR) is 73.8 cm³/mol. The lowest BCUT2D eigenvalue weighted by molar-refractivity contribution is -0.122. The number of halogens is 1. The van der Waals surface area contributed by atoms with Gasteiger partial charge in [-0.2, -0.15) is 0 Å². The van der Waals surface area contributed by atoms with Crippen molar-refractivity contribution in [1.29, 1.82) is 0 Å². The lowest BCUT2D eigenvalue weighted by Crippen LogP contribution is -2.50. The minimum atomic E-state index is -0.859. The van der Waals surface area contributed by atoms with E-state index in [-0.39, 0.29) is 11.5 Å². The van der Waals surface area contributed by atoms with Crippen LogP contribution in [-0.4, -0.2) is 23.9 Å². The third kappa shape index (κ3) is 2.65. The van der Waals surface area contributed by atoms with Crippen LogP contribution in [0.3, 0.4) is 0 Å². The molecule has 2 amide bonds. The number of rotatable bonds is 4. The van der Waals surface area contributed by atoms with Gasteiger partial charge in [0, 0.05) is 5.69 Å². The topological polar surface area (TPSA) is 84.2 Å². The van der Waals surface area contributed by atoms with Crippen molar-refractivity contribution < 1.29 is 14.0 Å². The highest BCUT2D eigenvalue weighted by atomic mass is 19.1. The molecule has 0 bridgehead atoms. The van der Waals surface area contributed by atoms with E-state index in [1.165, 1.54) is 12.1 Å². The van der Waals surface area contributed by atoms with Gasteiger partial charge < -0.3 is 16.4 Å². The second kappa shape index (κ2) is 5.58. The number of carbonyl (C=O) groups excluding carboxylic acids is 2. The number of amides is 2. The van der Waals surface area contributed by atoms with E-state index >= 15 is 0 Å². The van der Waals surface area contributed by atoms with Crippen molar-refractivity contribution >= 4 is 17.5 Å². The second-order valence-electron chi connectivity index (χ2n) is 4.98. The summed E-state index contributed by atoms with van der Waals surface area (Å²) in [6.45, 7) is 2.74. The first kappa shape index (κ1) is 14.5. The molecule has 0 aromatic heterocycles. The molecule has 1 aliphatic rings. The molecule has 0 saturated carbocycles. The molecule has 0 aliphatic carbocycles. The summed E-state index contributed by atoms with van der Waals surface area (Å²) in [5, 5.41) is 5.93. The molecule has 6 heteroatoms. The van der Waals surface area contributed by atoms with Crippen LogP contribution in [0.1, 0.15) is 36.5 Å². The summed E-state index contributed by atoms with van der Waals surface area (Å²) in [6.07, 6.45) is 2.37. The van der Waals surface area contributed by atoms with Gasteiger partial charge in [0.1, 0.15) is 5.82 Å². The average Bonchev–Trinajstić information content (AvgIpc) is 2.90. The van der Waals surface area contributed by atoms with Gasteiger partial charge in [0.05, 0.1) is 11.1 Å². The molecule has 108 valence electrons. The maximum absolute atomic E-state index is 13.4. The molecule has 1 heterocycles. The molecule has 5 nitrogen and oxygen atoms in total. The summed E-state index contributed by atoms with van der Waals surface area (Å²) < 4.78 is 13.4. The van der Waals surface area contributed by atoms with Gasteiger partial charge in [-0.25, -0.2) is 4.39 Å². The number of hydrogen-bond acceptors (Lipinski definition) is 3. The highest BCUT2D eigenvalue weighted by Crippen LogP contribution is 2.25. The van der Waals surface area contributed by atoms with Crippen LogP contribution < -0.4 is 16.4 Å². The Morgan fingerprint density at radius 1 is 1.50 bits per heavy atom. The fraction of sp³-hybridized carbons (Fsp3) is 0.429. The van der Waals surface area contributed by atoms with Crippen molar-refractivity contribution in [3.05, 3.63) is 29.6 Å². The summed E-state index contributed by atoms with van der Waals surface area (Å²) in [5.41, 5.74) is 4.64. The number of carbonyl (C=O) groups is 2. The monoisotopic (exact) mass is 279 g/mol. The lowest BCUT2D eigenvalue weighted by Gasteiger charge is -2.26. The van der Waals surface area contributed by atoms with Gasteiger partial charge in [-0.15, -0.1) is 0 Å². The second-order valence-corrected chi connectivity index (χ2v) is 4.98. The Labute approximate surface area is 116 Å². The normalized spacial score (nSPS) is 21.7. The SMILES string of the molecule is CCC1(C(=O)Nc2ccc(F)c(C(N)=O)c2)CCCN1. The molecule has 1 aliphatic heterocycles. The molecule has 20 heavy (non-hydrogen) atoms. The van der Waals surface area contributed by atoms with E-state index in [2.05, 4.69) is 10.6 Å². The maximum Gasteiger partial charge on any atom is 0.251 e. The molecular formula is C14H18FN3O2. The number of nitrogens with two attached hydrogens (primary N) is 1. The lowest BCUT2D eigenvalue weighted by atomic mass is 9.93. The van der Waals surface area contributed by atoms with Gasteiger partial charge in [-0.1, -0.05) is 6.92 Å². The number of nitrogens with one attached hydrogen (secondary N) is 2. The van der Waals surface area contributed by atoms with E-state index in [0.29, 0.717) is 12.1 Å². The van der Waals surface area contributed by atoms with Crippen molar-refractivity contribution in [3.8, 4) is 0 Å². The minimum absolute atomic E-state index is 0.167. The Hall–Kier alpha value is -1.95. The molecule has 1 atom stereocenters. The summed E-state index contributed by atoms with van der Waals surface area (Å²) in [4.78, 5) is 23.4. The van der Waals surface area contributed by atoms with Crippen molar-refractivity contribution in [2.45, 2.75) is 31.7 Å². The van der Waals surface area contributed by atoms with Crippen molar-refractivity contribution in [1.82, 2.24) is 5.32 Å². The quantitative estimate of drug-likeness (QED) is 0.778. The fourth-order valence-electron chi connectivity index (χ4n) is 2.50. The Bertz CT molecular complexity index is 539. The van der Waals surface area contributed by atoms with Crippen molar-refractivity contribution in [2.75, 3.05) is 11.9 Å². The zero-order valence-electron chi connectivity index (χ0n) is 11.3. The Morgan fingerprint density at radius 2 is 2.25 bits per heavy atom. The van der Waals surface area contributed by atoms with E-state index in [1.54, 1.807) is 0 Å². The molecule has 1 fully saturated rings. The van der Waals surface area contributed by atoms with Gasteiger partial charge in [0.25, 0.3) is 5.91 Å². The largest absolute Gasteiger partial charge is 0.366 e. The molecule has 4 N–H and O–H groups in total. The third-order valence-corrected chi connectivity index (χ3v) is 3.77. The molecule has 1 aromatic rings. The van der Waals surface area contributed by atoms with E-state index in [0.717, 1.165) is 25.5 Å². The number of primary amides is 1. The van der Waals surface area contributed by atoms with Gasteiger partial charge in [0.15, 0.2) is 0 Å². The zero-order chi connectivity index (χ0) is 14.8. The molecule has 1 aromatic carbocycles.